The van der Waals surface area contributed by atoms with Crippen LogP contribution in [0.3, 0.4) is 0 Å². The molecule has 4 aromatic rings. The number of aromatic nitrogens is 6. The van der Waals surface area contributed by atoms with Gasteiger partial charge in [0.05, 0.1) is 37.1 Å². The van der Waals surface area contributed by atoms with E-state index in [0.717, 1.165) is 26.1 Å². The second-order valence-corrected chi connectivity index (χ2v) is 8.76. The summed E-state index contributed by atoms with van der Waals surface area (Å²) in [4.78, 5) is 26.8. The summed E-state index contributed by atoms with van der Waals surface area (Å²) in [5, 5.41) is 13.3. The molecule has 14 heteroatoms. The van der Waals surface area contributed by atoms with Crippen molar-refractivity contribution in [1.82, 2.24) is 29.3 Å². The molecule has 1 saturated heterocycles. The summed E-state index contributed by atoms with van der Waals surface area (Å²) in [7, 11) is 0.938. The molecule has 0 radical (unpaired) electrons. The molecule has 5 rings (SSSR count). The topological polar surface area (TPSA) is 115 Å². The zero-order valence-electron chi connectivity index (χ0n) is 20.2. The van der Waals surface area contributed by atoms with Gasteiger partial charge >= 0.3 is 6.18 Å². The third-order valence-corrected chi connectivity index (χ3v) is 6.02. The first kappa shape index (κ1) is 25.1. The second kappa shape index (κ2) is 9.40. The Hall–Kier alpha value is -4.54. The maximum Gasteiger partial charge on any atom is 0.449 e. The minimum absolute atomic E-state index is 0.00896. The molecular formula is C24H20F4N8O2. The Morgan fingerprint density at radius 2 is 1.95 bits per heavy atom. The Morgan fingerprint density at radius 1 is 1.18 bits per heavy atom. The van der Waals surface area contributed by atoms with Crippen LogP contribution >= 0.6 is 0 Å². The van der Waals surface area contributed by atoms with Gasteiger partial charge in [0.15, 0.2) is 11.3 Å². The highest BCUT2D eigenvalue weighted by Crippen LogP contribution is 2.33. The van der Waals surface area contributed by atoms with Gasteiger partial charge in [-0.15, -0.1) is 0 Å². The van der Waals surface area contributed by atoms with Crippen LogP contribution in [0, 0.1) is 17.1 Å². The minimum Gasteiger partial charge on any atom is -0.483 e. The summed E-state index contributed by atoms with van der Waals surface area (Å²) in [5.41, 5.74) is -2.45. The number of nitrogens with zero attached hydrogens (tertiary/aromatic N) is 8. The molecule has 3 aromatic heterocycles. The Balaban J connectivity index is 1.55. The lowest BCUT2D eigenvalue weighted by atomic mass is 10.1. The molecule has 10 nitrogen and oxygen atoms in total. The quantitative estimate of drug-likeness (QED) is 0.350. The third-order valence-electron chi connectivity index (χ3n) is 6.02. The highest BCUT2D eigenvalue weighted by atomic mass is 19.4. The molecule has 0 N–H and O–H groups in total. The molecule has 0 aliphatic carbocycles. The normalized spacial score (nSPS) is 14.0. The number of aryl methyl sites for hydroxylation is 1. The van der Waals surface area contributed by atoms with Gasteiger partial charge in [-0.3, -0.25) is 14.0 Å². The number of hydrogen-bond acceptors (Lipinski definition) is 8. The van der Waals surface area contributed by atoms with E-state index in [2.05, 4.69) is 20.1 Å². The van der Waals surface area contributed by atoms with Crippen molar-refractivity contribution in [3.8, 4) is 23.1 Å². The van der Waals surface area contributed by atoms with Crippen molar-refractivity contribution >= 4 is 17.0 Å². The van der Waals surface area contributed by atoms with E-state index in [1.54, 1.807) is 28.0 Å². The lowest BCUT2D eigenvalue weighted by Gasteiger charge is -2.38. The summed E-state index contributed by atoms with van der Waals surface area (Å²) in [6, 6.07) is 5.23. The molecule has 4 heterocycles. The highest BCUT2D eigenvalue weighted by molar-refractivity contribution is 5.90. The standard InChI is InChI=1S/C24H20F4N8O2/c1-3-6-36-12-14(9-30-36)38-15-10-35(11-15)23-32-18(16-5-4-13(8-29)7-17(16)25)19-20(33-23)21(37)34(2)22(31-19)24(26,27)28/h4-5,7,9,12,15H,3,6,10-11H2,1-2H3. The molecule has 0 saturated carbocycles. The van der Waals surface area contributed by atoms with Crippen molar-refractivity contribution in [3.05, 3.63) is 58.2 Å². The molecule has 0 bridgehead atoms. The van der Waals surface area contributed by atoms with Crippen LogP contribution in [0.1, 0.15) is 24.7 Å². The highest BCUT2D eigenvalue weighted by Gasteiger charge is 2.38. The molecule has 38 heavy (non-hydrogen) atoms. The molecule has 196 valence electrons. The van der Waals surface area contributed by atoms with Crippen molar-refractivity contribution in [3.63, 3.8) is 0 Å². The zero-order valence-corrected chi connectivity index (χ0v) is 20.2. The lowest BCUT2D eigenvalue weighted by molar-refractivity contribution is -0.147. The smallest absolute Gasteiger partial charge is 0.449 e. The summed E-state index contributed by atoms with van der Waals surface area (Å²) in [5.74, 6) is -1.78. The van der Waals surface area contributed by atoms with Crippen molar-refractivity contribution in [2.75, 3.05) is 18.0 Å². The first-order chi connectivity index (χ1) is 18.1. The van der Waals surface area contributed by atoms with Gasteiger partial charge in [0.1, 0.15) is 23.1 Å². The fourth-order valence-electron chi connectivity index (χ4n) is 4.12. The van der Waals surface area contributed by atoms with E-state index in [9.17, 15) is 22.4 Å². The SMILES string of the molecule is CCCn1cc(OC2CN(c3nc(-c4ccc(C#N)cc4F)c4nc(C(F)(F)F)n(C)c(=O)c4n3)C2)cn1. The Kier molecular flexibility index (Phi) is 6.22. The minimum atomic E-state index is -4.95. The Labute approximate surface area is 212 Å². The van der Waals surface area contributed by atoms with Gasteiger partial charge in [-0.1, -0.05) is 6.92 Å². The first-order valence-electron chi connectivity index (χ1n) is 11.6. The number of alkyl halides is 3. The number of rotatable bonds is 6. The maximum absolute atomic E-state index is 15.0. The number of ether oxygens (including phenoxy) is 1. The average Bonchev–Trinajstić information content (AvgIpc) is 3.29. The van der Waals surface area contributed by atoms with Crippen LogP contribution in [0.4, 0.5) is 23.5 Å². The van der Waals surface area contributed by atoms with Crippen LogP contribution in [0.25, 0.3) is 22.3 Å². The van der Waals surface area contributed by atoms with Gasteiger partial charge in [0.25, 0.3) is 5.56 Å². The van der Waals surface area contributed by atoms with Crippen LogP contribution in [-0.4, -0.2) is 48.5 Å². The molecule has 0 unspecified atom stereocenters. The number of benzene rings is 1. The van der Waals surface area contributed by atoms with Gasteiger partial charge in [-0.05, 0) is 24.6 Å². The fraction of sp³-hybridized carbons (Fsp3) is 0.333. The predicted octanol–water partition coefficient (Wildman–Crippen LogP) is 3.29. The number of anilines is 1. The van der Waals surface area contributed by atoms with Gasteiger partial charge in [0, 0.05) is 19.2 Å². The summed E-state index contributed by atoms with van der Waals surface area (Å²) in [6.07, 6.45) is -0.910. The van der Waals surface area contributed by atoms with Crippen molar-refractivity contribution in [1.29, 1.82) is 5.26 Å². The van der Waals surface area contributed by atoms with Gasteiger partial charge in [-0.2, -0.15) is 23.5 Å². The van der Waals surface area contributed by atoms with Crippen molar-refractivity contribution in [2.24, 2.45) is 7.05 Å². The number of nitriles is 1. The third kappa shape index (κ3) is 4.51. The monoisotopic (exact) mass is 528 g/mol. The summed E-state index contributed by atoms with van der Waals surface area (Å²) < 4.78 is 63.8. The van der Waals surface area contributed by atoms with Gasteiger partial charge in [-0.25, -0.2) is 19.3 Å². The Morgan fingerprint density at radius 3 is 2.61 bits per heavy atom. The second-order valence-electron chi connectivity index (χ2n) is 8.76. The van der Waals surface area contributed by atoms with Gasteiger partial charge in [0.2, 0.25) is 11.8 Å². The van der Waals surface area contributed by atoms with Gasteiger partial charge < -0.3 is 9.64 Å². The molecular weight excluding hydrogens is 508 g/mol. The summed E-state index contributed by atoms with van der Waals surface area (Å²) in [6.45, 7) is 3.40. The molecule has 0 spiro atoms. The van der Waals surface area contributed by atoms with E-state index < -0.39 is 34.4 Å². The van der Waals surface area contributed by atoms with Crippen molar-refractivity contribution in [2.45, 2.75) is 32.2 Å². The van der Waals surface area contributed by atoms with E-state index in [1.807, 2.05) is 6.92 Å². The number of fused-ring (bicyclic) bond motifs is 1. The summed E-state index contributed by atoms with van der Waals surface area (Å²) >= 11 is 0. The van der Waals surface area contributed by atoms with E-state index in [-0.39, 0.29) is 28.9 Å². The molecule has 1 fully saturated rings. The van der Waals surface area contributed by atoms with Crippen molar-refractivity contribution < 1.29 is 22.3 Å². The van der Waals surface area contributed by atoms with Crippen LogP contribution in [0.15, 0.2) is 35.4 Å². The van der Waals surface area contributed by atoms with E-state index in [0.29, 0.717) is 23.4 Å². The fourth-order valence-corrected chi connectivity index (χ4v) is 4.12. The number of hydrogen-bond donors (Lipinski definition) is 0. The average molecular weight is 528 g/mol. The van der Waals surface area contributed by atoms with Crippen LogP contribution in [-0.2, 0) is 19.8 Å². The number of halogens is 4. The van der Waals surface area contributed by atoms with Crippen LogP contribution in [0.5, 0.6) is 5.75 Å². The largest absolute Gasteiger partial charge is 0.483 e. The molecule has 0 atom stereocenters. The molecule has 1 aromatic carbocycles. The molecule has 1 aliphatic rings. The van der Waals surface area contributed by atoms with E-state index >= 15 is 0 Å². The van der Waals surface area contributed by atoms with Crippen LogP contribution in [0.2, 0.25) is 0 Å². The zero-order chi connectivity index (χ0) is 27.2. The maximum atomic E-state index is 15.0. The molecule has 1 aliphatic heterocycles. The Bertz CT molecular complexity index is 1630. The molecule has 0 amide bonds. The van der Waals surface area contributed by atoms with Crippen LogP contribution < -0.4 is 15.2 Å². The first-order valence-corrected chi connectivity index (χ1v) is 11.6. The predicted molar refractivity (Wildman–Crippen MR) is 127 cm³/mol. The lowest BCUT2D eigenvalue weighted by Crippen LogP contribution is -2.54. The van der Waals surface area contributed by atoms with E-state index in [1.165, 1.54) is 12.1 Å². The van der Waals surface area contributed by atoms with E-state index in [4.69, 9.17) is 10.00 Å².